The number of benzene rings is 1. The molecule has 0 spiro atoms. The fraction of sp³-hybridized carbons (Fsp3) is 0.438. The Morgan fingerprint density at radius 3 is 2.65 bits per heavy atom. The lowest BCUT2D eigenvalue weighted by molar-refractivity contribution is -0.136. The highest BCUT2D eigenvalue weighted by Crippen LogP contribution is 2.21. The number of carboxylic acid groups (broad SMARTS) is 1. The molecule has 3 N–H and O–H groups in total. The number of nitrogens with zero attached hydrogens (tertiary/aromatic N) is 1. The van der Waals surface area contributed by atoms with E-state index in [-0.39, 0.29) is 18.9 Å². The van der Waals surface area contributed by atoms with Crippen molar-refractivity contribution in [1.82, 2.24) is 10.6 Å². The lowest BCUT2D eigenvalue weighted by Crippen LogP contribution is -2.54. The Bertz CT molecular complexity index is 585. The molecule has 2 rings (SSSR count). The van der Waals surface area contributed by atoms with Gasteiger partial charge in [-0.25, -0.2) is 4.79 Å². The second kappa shape index (κ2) is 7.62. The summed E-state index contributed by atoms with van der Waals surface area (Å²) >= 11 is 0. The van der Waals surface area contributed by atoms with Crippen LogP contribution >= 0.6 is 0 Å². The molecule has 1 unspecified atom stereocenters. The summed E-state index contributed by atoms with van der Waals surface area (Å²) in [4.78, 5) is 36.3. The van der Waals surface area contributed by atoms with Gasteiger partial charge in [0.15, 0.2) is 0 Å². The first-order valence-electron chi connectivity index (χ1n) is 7.61. The molecule has 1 saturated heterocycles. The van der Waals surface area contributed by atoms with Crippen LogP contribution in [-0.4, -0.2) is 42.1 Å². The maximum atomic E-state index is 12.5. The Morgan fingerprint density at radius 1 is 1.30 bits per heavy atom. The maximum absolute atomic E-state index is 12.5. The van der Waals surface area contributed by atoms with E-state index < -0.39 is 18.0 Å². The molecule has 7 heteroatoms. The monoisotopic (exact) mass is 319 g/mol. The zero-order valence-electron chi connectivity index (χ0n) is 13.0. The summed E-state index contributed by atoms with van der Waals surface area (Å²) in [5, 5.41) is 13.6. The Balaban J connectivity index is 1.92. The summed E-state index contributed by atoms with van der Waals surface area (Å²) in [6.07, 6.45) is 1.22. The van der Waals surface area contributed by atoms with Gasteiger partial charge in [0.05, 0.1) is 6.42 Å². The quantitative estimate of drug-likeness (QED) is 0.761. The zero-order valence-corrected chi connectivity index (χ0v) is 13.0. The first-order valence-corrected chi connectivity index (χ1v) is 7.61. The molecule has 0 saturated carbocycles. The standard InChI is InChI=1S/C16H21N3O4/c1-11-4-6-12(7-5-11)19-10-2-3-13(15(19)22)18-16(23)17-9-8-14(20)21/h4-7,13H,2-3,8-10H2,1H3,(H,20,21)(H2,17,18,23). The number of rotatable bonds is 5. The van der Waals surface area contributed by atoms with E-state index in [0.717, 1.165) is 17.7 Å². The van der Waals surface area contributed by atoms with E-state index in [1.165, 1.54) is 0 Å². The van der Waals surface area contributed by atoms with Gasteiger partial charge in [-0.15, -0.1) is 0 Å². The summed E-state index contributed by atoms with van der Waals surface area (Å²) in [6, 6.07) is 6.56. The topological polar surface area (TPSA) is 98.7 Å². The Hall–Kier alpha value is -2.57. The van der Waals surface area contributed by atoms with Crippen LogP contribution in [0.25, 0.3) is 0 Å². The van der Waals surface area contributed by atoms with Crippen LogP contribution in [0.1, 0.15) is 24.8 Å². The first-order chi connectivity index (χ1) is 11.0. The number of carboxylic acids is 1. The van der Waals surface area contributed by atoms with Gasteiger partial charge in [-0.2, -0.15) is 0 Å². The summed E-state index contributed by atoms with van der Waals surface area (Å²) in [5.41, 5.74) is 1.93. The van der Waals surface area contributed by atoms with E-state index in [1.807, 2.05) is 31.2 Å². The van der Waals surface area contributed by atoms with E-state index in [2.05, 4.69) is 10.6 Å². The molecule has 3 amide bonds. The van der Waals surface area contributed by atoms with E-state index in [4.69, 9.17) is 5.11 Å². The summed E-state index contributed by atoms with van der Waals surface area (Å²) < 4.78 is 0. The third kappa shape index (κ3) is 4.70. The molecule has 1 aromatic carbocycles. The second-order valence-electron chi connectivity index (χ2n) is 5.56. The molecule has 0 aromatic heterocycles. The number of urea groups is 1. The van der Waals surface area contributed by atoms with Crippen LogP contribution in [0.2, 0.25) is 0 Å². The molecule has 23 heavy (non-hydrogen) atoms. The van der Waals surface area contributed by atoms with Crippen LogP contribution in [0.5, 0.6) is 0 Å². The molecule has 1 aromatic rings. The fourth-order valence-corrected chi connectivity index (χ4v) is 2.48. The minimum Gasteiger partial charge on any atom is -0.481 e. The van der Waals surface area contributed by atoms with E-state index in [0.29, 0.717) is 13.0 Å². The molecule has 0 radical (unpaired) electrons. The molecule has 124 valence electrons. The Morgan fingerprint density at radius 2 is 2.00 bits per heavy atom. The molecule has 1 heterocycles. The van der Waals surface area contributed by atoms with Gasteiger partial charge in [0.25, 0.3) is 0 Å². The van der Waals surface area contributed by atoms with Gasteiger partial charge in [0.2, 0.25) is 5.91 Å². The van der Waals surface area contributed by atoms with Crippen LogP contribution in [0.3, 0.4) is 0 Å². The van der Waals surface area contributed by atoms with Crippen molar-refractivity contribution in [1.29, 1.82) is 0 Å². The van der Waals surface area contributed by atoms with Crippen molar-refractivity contribution in [2.45, 2.75) is 32.2 Å². The van der Waals surface area contributed by atoms with Gasteiger partial charge >= 0.3 is 12.0 Å². The van der Waals surface area contributed by atoms with Gasteiger partial charge in [-0.05, 0) is 31.9 Å². The first kappa shape index (κ1) is 16.8. The van der Waals surface area contributed by atoms with Crippen molar-refractivity contribution in [3.05, 3.63) is 29.8 Å². The maximum Gasteiger partial charge on any atom is 0.315 e. The number of hydrogen-bond acceptors (Lipinski definition) is 3. The van der Waals surface area contributed by atoms with Crippen molar-refractivity contribution >= 4 is 23.6 Å². The van der Waals surface area contributed by atoms with Crippen LogP contribution < -0.4 is 15.5 Å². The van der Waals surface area contributed by atoms with Gasteiger partial charge in [-0.3, -0.25) is 9.59 Å². The van der Waals surface area contributed by atoms with Crippen molar-refractivity contribution in [3.63, 3.8) is 0 Å². The molecule has 1 fully saturated rings. The number of carbonyl (C=O) groups excluding carboxylic acids is 2. The largest absolute Gasteiger partial charge is 0.481 e. The predicted molar refractivity (Wildman–Crippen MR) is 85.3 cm³/mol. The van der Waals surface area contributed by atoms with Crippen LogP contribution in [-0.2, 0) is 9.59 Å². The SMILES string of the molecule is Cc1ccc(N2CCCC(NC(=O)NCCC(=O)O)C2=O)cc1. The third-order valence-electron chi connectivity index (χ3n) is 3.71. The molecule has 0 aliphatic carbocycles. The molecule has 1 aliphatic rings. The molecule has 1 atom stereocenters. The molecule has 0 bridgehead atoms. The molecule has 1 aliphatic heterocycles. The lowest BCUT2D eigenvalue weighted by atomic mass is 10.0. The lowest BCUT2D eigenvalue weighted by Gasteiger charge is -2.32. The summed E-state index contributed by atoms with van der Waals surface area (Å²) in [6.45, 7) is 2.64. The number of aliphatic carboxylic acids is 1. The number of anilines is 1. The van der Waals surface area contributed by atoms with E-state index in [9.17, 15) is 14.4 Å². The molecular weight excluding hydrogens is 298 g/mol. The predicted octanol–water partition coefficient (Wildman–Crippen LogP) is 1.26. The molecule has 7 nitrogen and oxygen atoms in total. The van der Waals surface area contributed by atoms with Crippen molar-refractivity contribution in [3.8, 4) is 0 Å². The smallest absolute Gasteiger partial charge is 0.315 e. The highest BCUT2D eigenvalue weighted by molar-refractivity contribution is 5.99. The van der Waals surface area contributed by atoms with Crippen LogP contribution in [0.15, 0.2) is 24.3 Å². The van der Waals surface area contributed by atoms with E-state index in [1.54, 1.807) is 4.90 Å². The highest BCUT2D eigenvalue weighted by Gasteiger charge is 2.30. The minimum atomic E-state index is -0.982. The van der Waals surface area contributed by atoms with Gasteiger partial charge in [0.1, 0.15) is 6.04 Å². The number of nitrogens with one attached hydrogen (secondary N) is 2. The Kier molecular flexibility index (Phi) is 5.56. The average Bonchev–Trinajstić information content (AvgIpc) is 2.50. The van der Waals surface area contributed by atoms with Crippen molar-refractivity contribution < 1.29 is 19.5 Å². The third-order valence-corrected chi connectivity index (χ3v) is 3.71. The van der Waals surface area contributed by atoms with Crippen LogP contribution in [0, 0.1) is 6.92 Å². The zero-order chi connectivity index (χ0) is 16.8. The van der Waals surface area contributed by atoms with Crippen molar-refractivity contribution in [2.24, 2.45) is 0 Å². The average molecular weight is 319 g/mol. The summed E-state index contributed by atoms with van der Waals surface area (Å²) in [7, 11) is 0. The fourth-order valence-electron chi connectivity index (χ4n) is 2.48. The van der Waals surface area contributed by atoms with Crippen molar-refractivity contribution in [2.75, 3.05) is 18.0 Å². The highest BCUT2D eigenvalue weighted by atomic mass is 16.4. The normalized spacial score (nSPS) is 17.7. The van der Waals surface area contributed by atoms with Gasteiger partial charge in [0, 0.05) is 18.8 Å². The van der Waals surface area contributed by atoms with E-state index >= 15 is 0 Å². The van der Waals surface area contributed by atoms with Gasteiger partial charge < -0.3 is 20.6 Å². The number of aryl methyl sites for hydroxylation is 1. The molecular formula is C16H21N3O4. The number of piperidine rings is 1. The number of hydrogen-bond donors (Lipinski definition) is 3. The van der Waals surface area contributed by atoms with Crippen LogP contribution in [0.4, 0.5) is 10.5 Å². The summed E-state index contributed by atoms with van der Waals surface area (Å²) in [5.74, 6) is -1.13. The number of amides is 3. The Labute approximate surface area is 134 Å². The van der Waals surface area contributed by atoms with Gasteiger partial charge in [-0.1, -0.05) is 17.7 Å². The minimum absolute atomic E-state index is 0.0315. The second-order valence-corrected chi connectivity index (χ2v) is 5.56. The number of carbonyl (C=O) groups is 3.